The number of nitriles is 1. The number of anilines is 1. The van der Waals surface area contributed by atoms with Gasteiger partial charge in [0.05, 0.1) is 5.56 Å². The molecule has 0 spiro atoms. The van der Waals surface area contributed by atoms with Gasteiger partial charge in [-0.25, -0.2) is 4.98 Å². The minimum absolute atomic E-state index is 0.245. The zero-order valence-corrected chi connectivity index (χ0v) is 12.3. The van der Waals surface area contributed by atoms with Crippen molar-refractivity contribution in [3.63, 3.8) is 0 Å². The third-order valence-corrected chi connectivity index (χ3v) is 4.89. The molecule has 1 saturated carbocycles. The molecule has 0 radical (unpaired) electrons. The number of halogens is 1. The Morgan fingerprint density at radius 2 is 2.00 bits per heavy atom. The molecule has 1 fully saturated rings. The third kappa shape index (κ3) is 2.36. The molecule has 5 heteroatoms. The van der Waals surface area contributed by atoms with Gasteiger partial charge in [-0.2, -0.15) is 5.26 Å². The number of nitrogens with zero attached hydrogens (tertiary/aromatic N) is 3. The number of nitrogen functional groups attached to an aromatic ring is 1. The summed E-state index contributed by atoms with van der Waals surface area (Å²) >= 11 is 6.02. The van der Waals surface area contributed by atoms with Crippen LogP contribution in [0.5, 0.6) is 0 Å². The molecule has 4 nitrogen and oxygen atoms in total. The van der Waals surface area contributed by atoms with Crippen LogP contribution < -0.4 is 5.73 Å². The first-order chi connectivity index (χ1) is 9.70. The van der Waals surface area contributed by atoms with E-state index in [1.807, 2.05) is 0 Å². The predicted octanol–water partition coefficient (Wildman–Crippen LogP) is 2.88. The van der Waals surface area contributed by atoms with E-state index in [1.54, 1.807) is 0 Å². The van der Waals surface area contributed by atoms with Crippen molar-refractivity contribution in [1.29, 1.82) is 5.26 Å². The molecule has 0 unspecified atom stereocenters. The summed E-state index contributed by atoms with van der Waals surface area (Å²) in [4.78, 5) is 6.64. The van der Waals surface area contributed by atoms with Crippen molar-refractivity contribution in [3.05, 3.63) is 21.8 Å². The van der Waals surface area contributed by atoms with E-state index in [0.29, 0.717) is 17.4 Å². The lowest BCUT2D eigenvalue weighted by molar-refractivity contribution is 0.141. The Kier molecular flexibility index (Phi) is 3.82. The quantitative estimate of drug-likeness (QED) is 0.808. The largest absolute Gasteiger partial charge is 0.383 e. The first-order valence-electron chi connectivity index (χ1n) is 7.31. The molecule has 1 aliphatic carbocycles. The molecule has 0 atom stereocenters. The molecule has 2 aliphatic rings. The Labute approximate surface area is 124 Å². The van der Waals surface area contributed by atoms with Crippen LogP contribution in [-0.4, -0.2) is 22.5 Å². The van der Waals surface area contributed by atoms with Crippen LogP contribution in [0.4, 0.5) is 5.82 Å². The number of fused-ring (bicyclic) bond motifs is 1. The molecule has 0 aromatic carbocycles. The van der Waals surface area contributed by atoms with E-state index in [2.05, 4.69) is 16.0 Å². The van der Waals surface area contributed by atoms with Gasteiger partial charge >= 0.3 is 0 Å². The Bertz CT molecular complexity index is 558. The molecule has 2 N–H and O–H groups in total. The Morgan fingerprint density at radius 3 is 2.70 bits per heavy atom. The molecular formula is C15H19ClN4. The highest BCUT2D eigenvalue weighted by atomic mass is 35.5. The van der Waals surface area contributed by atoms with E-state index in [4.69, 9.17) is 17.3 Å². The Morgan fingerprint density at radius 1 is 1.25 bits per heavy atom. The van der Waals surface area contributed by atoms with Crippen molar-refractivity contribution < 1.29 is 0 Å². The summed E-state index contributed by atoms with van der Waals surface area (Å²) in [5.74, 6) is 0.490. The highest BCUT2D eigenvalue weighted by molar-refractivity contribution is 6.30. The van der Waals surface area contributed by atoms with E-state index in [0.717, 1.165) is 30.6 Å². The molecule has 0 saturated heterocycles. The topological polar surface area (TPSA) is 65.9 Å². The van der Waals surface area contributed by atoms with Gasteiger partial charge in [-0.05, 0) is 24.8 Å². The lowest BCUT2D eigenvalue weighted by Crippen LogP contribution is -2.41. The van der Waals surface area contributed by atoms with Crippen LogP contribution in [0.2, 0.25) is 5.15 Å². The van der Waals surface area contributed by atoms with Crippen molar-refractivity contribution in [2.24, 2.45) is 0 Å². The second kappa shape index (κ2) is 5.59. The molecule has 2 heterocycles. The first kappa shape index (κ1) is 13.7. The Balaban J connectivity index is 1.89. The van der Waals surface area contributed by atoms with Gasteiger partial charge in [0.25, 0.3) is 0 Å². The number of hydrogen-bond donors (Lipinski definition) is 1. The number of rotatable bonds is 1. The molecule has 106 valence electrons. The molecular weight excluding hydrogens is 272 g/mol. The van der Waals surface area contributed by atoms with Gasteiger partial charge in [-0.3, -0.25) is 4.90 Å². The third-order valence-electron chi connectivity index (χ3n) is 4.61. The van der Waals surface area contributed by atoms with Crippen LogP contribution in [0.25, 0.3) is 0 Å². The van der Waals surface area contributed by atoms with Gasteiger partial charge in [0.2, 0.25) is 0 Å². The second-order valence-corrected chi connectivity index (χ2v) is 6.10. The van der Waals surface area contributed by atoms with Crippen LogP contribution in [0, 0.1) is 11.3 Å². The summed E-state index contributed by atoms with van der Waals surface area (Å²) < 4.78 is 0. The summed E-state index contributed by atoms with van der Waals surface area (Å²) in [5.41, 5.74) is 8.57. The van der Waals surface area contributed by atoms with Gasteiger partial charge in [0.15, 0.2) is 0 Å². The van der Waals surface area contributed by atoms with Crippen molar-refractivity contribution in [3.8, 4) is 6.07 Å². The summed E-state index contributed by atoms with van der Waals surface area (Å²) in [6.45, 7) is 1.80. The maximum absolute atomic E-state index is 9.25. The normalized spacial score (nSPS) is 20.4. The Hall–Kier alpha value is -1.31. The van der Waals surface area contributed by atoms with E-state index in [-0.39, 0.29) is 5.15 Å². The van der Waals surface area contributed by atoms with Crippen LogP contribution in [0.3, 0.4) is 0 Å². The number of hydrogen-bond acceptors (Lipinski definition) is 4. The average molecular weight is 291 g/mol. The van der Waals surface area contributed by atoms with Crippen molar-refractivity contribution in [2.45, 2.75) is 51.1 Å². The highest BCUT2D eigenvalue weighted by Gasteiger charge is 2.28. The molecule has 1 aromatic rings. The van der Waals surface area contributed by atoms with Gasteiger partial charge in [-0.15, -0.1) is 0 Å². The fourth-order valence-corrected chi connectivity index (χ4v) is 3.77. The fraction of sp³-hybridized carbons (Fsp3) is 0.600. The molecule has 0 bridgehead atoms. The van der Waals surface area contributed by atoms with Crippen LogP contribution in [-0.2, 0) is 13.0 Å². The maximum atomic E-state index is 9.25. The smallest absolute Gasteiger partial charge is 0.149 e. The van der Waals surface area contributed by atoms with E-state index in [9.17, 15) is 5.26 Å². The maximum Gasteiger partial charge on any atom is 0.149 e. The monoisotopic (exact) mass is 290 g/mol. The second-order valence-electron chi connectivity index (χ2n) is 5.74. The van der Waals surface area contributed by atoms with Crippen LogP contribution >= 0.6 is 11.6 Å². The lowest BCUT2D eigenvalue weighted by atomic mass is 9.90. The van der Waals surface area contributed by atoms with E-state index >= 15 is 0 Å². The summed E-state index contributed by atoms with van der Waals surface area (Å²) in [6, 6.07) is 2.84. The lowest BCUT2D eigenvalue weighted by Gasteiger charge is -2.38. The summed E-state index contributed by atoms with van der Waals surface area (Å²) in [6.07, 6.45) is 7.42. The molecule has 1 aliphatic heterocycles. The van der Waals surface area contributed by atoms with Gasteiger partial charge in [0, 0.05) is 24.7 Å². The molecule has 0 amide bonds. The van der Waals surface area contributed by atoms with Crippen molar-refractivity contribution >= 4 is 17.4 Å². The zero-order valence-electron chi connectivity index (χ0n) is 11.5. The summed E-state index contributed by atoms with van der Waals surface area (Å²) in [5, 5.41) is 9.50. The molecule has 3 rings (SSSR count). The number of aromatic nitrogens is 1. The number of pyridine rings is 1. The standard InChI is InChI=1S/C15H19ClN4/c16-14-12(8-17)11-6-7-20(9-13(11)15(18)19-14)10-4-2-1-3-5-10/h10H,1-7,9H2,(H2,18,19). The van der Waals surface area contributed by atoms with Gasteiger partial charge in [0.1, 0.15) is 17.0 Å². The van der Waals surface area contributed by atoms with Gasteiger partial charge in [-0.1, -0.05) is 30.9 Å². The van der Waals surface area contributed by atoms with Crippen LogP contribution in [0.1, 0.15) is 48.8 Å². The molecule has 20 heavy (non-hydrogen) atoms. The number of nitrogens with two attached hydrogens (primary N) is 1. The van der Waals surface area contributed by atoms with E-state index < -0.39 is 0 Å². The predicted molar refractivity (Wildman–Crippen MR) is 79.4 cm³/mol. The first-order valence-corrected chi connectivity index (χ1v) is 7.69. The highest BCUT2D eigenvalue weighted by Crippen LogP contribution is 2.33. The van der Waals surface area contributed by atoms with E-state index in [1.165, 1.54) is 32.1 Å². The average Bonchev–Trinajstić information content (AvgIpc) is 2.48. The SMILES string of the molecule is N#Cc1c(Cl)nc(N)c2c1CCN(C1CCCCC1)C2. The minimum Gasteiger partial charge on any atom is -0.383 e. The van der Waals surface area contributed by atoms with Gasteiger partial charge < -0.3 is 5.73 Å². The van der Waals surface area contributed by atoms with Crippen molar-refractivity contribution in [1.82, 2.24) is 9.88 Å². The minimum atomic E-state index is 0.245. The van der Waals surface area contributed by atoms with Crippen LogP contribution in [0.15, 0.2) is 0 Å². The zero-order chi connectivity index (χ0) is 14.1. The fourth-order valence-electron chi connectivity index (χ4n) is 3.52. The summed E-state index contributed by atoms with van der Waals surface area (Å²) in [7, 11) is 0. The van der Waals surface area contributed by atoms with Crippen molar-refractivity contribution in [2.75, 3.05) is 12.3 Å². The molecule has 1 aromatic heterocycles.